The van der Waals surface area contributed by atoms with Gasteiger partial charge in [0.05, 0.1) is 0 Å². The summed E-state index contributed by atoms with van der Waals surface area (Å²) in [5.41, 5.74) is 0.937. The summed E-state index contributed by atoms with van der Waals surface area (Å²) in [6.45, 7) is 0.744. The highest BCUT2D eigenvalue weighted by Gasteiger charge is 2.07. The SMILES string of the molecule is Fc1cccc(OCCNc2ccc(Br)cc2)c1F. The first-order chi connectivity index (χ1) is 9.16. The van der Waals surface area contributed by atoms with Crippen molar-refractivity contribution in [3.05, 3.63) is 58.6 Å². The highest BCUT2D eigenvalue weighted by molar-refractivity contribution is 9.10. The fourth-order valence-electron chi connectivity index (χ4n) is 1.52. The molecule has 0 aliphatic carbocycles. The van der Waals surface area contributed by atoms with Crippen LogP contribution in [0.1, 0.15) is 0 Å². The zero-order chi connectivity index (χ0) is 13.7. The molecule has 2 nitrogen and oxygen atoms in total. The summed E-state index contributed by atoms with van der Waals surface area (Å²) in [5.74, 6) is -1.93. The zero-order valence-electron chi connectivity index (χ0n) is 10.00. The molecule has 0 amide bonds. The molecule has 0 unspecified atom stereocenters. The largest absolute Gasteiger partial charge is 0.489 e. The third-order valence-corrected chi connectivity index (χ3v) is 2.98. The van der Waals surface area contributed by atoms with Crippen LogP contribution in [-0.4, -0.2) is 13.2 Å². The highest BCUT2D eigenvalue weighted by Crippen LogP contribution is 2.19. The number of anilines is 1. The van der Waals surface area contributed by atoms with Gasteiger partial charge in [0.25, 0.3) is 0 Å². The lowest BCUT2D eigenvalue weighted by molar-refractivity contribution is 0.308. The summed E-state index contributed by atoms with van der Waals surface area (Å²) >= 11 is 3.34. The summed E-state index contributed by atoms with van der Waals surface area (Å²) in [6, 6.07) is 11.5. The van der Waals surface area contributed by atoms with Gasteiger partial charge in [0, 0.05) is 16.7 Å². The van der Waals surface area contributed by atoms with Gasteiger partial charge in [-0.3, -0.25) is 0 Å². The second-order valence-corrected chi connectivity index (χ2v) is 4.75. The smallest absolute Gasteiger partial charge is 0.200 e. The lowest BCUT2D eigenvalue weighted by atomic mass is 10.3. The van der Waals surface area contributed by atoms with Crippen LogP contribution < -0.4 is 10.1 Å². The second kappa shape index (κ2) is 6.52. The second-order valence-electron chi connectivity index (χ2n) is 3.83. The normalized spacial score (nSPS) is 10.3. The Hall–Kier alpha value is -1.62. The maximum absolute atomic E-state index is 13.3. The molecule has 2 rings (SSSR count). The quantitative estimate of drug-likeness (QED) is 0.830. The molecule has 2 aromatic carbocycles. The standard InChI is InChI=1S/C14H12BrF2NO/c15-10-4-6-11(7-5-10)18-8-9-19-13-3-1-2-12(16)14(13)17/h1-7,18H,8-9H2. The van der Waals surface area contributed by atoms with Crippen molar-refractivity contribution >= 4 is 21.6 Å². The summed E-state index contributed by atoms with van der Waals surface area (Å²) < 4.78 is 32.4. The van der Waals surface area contributed by atoms with Crippen molar-refractivity contribution in [2.75, 3.05) is 18.5 Å². The summed E-state index contributed by atoms with van der Waals surface area (Å²) in [7, 11) is 0. The van der Waals surface area contributed by atoms with Crippen LogP contribution in [0.5, 0.6) is 5.75 Å². The fraction of sp³-hybridized carbons (Fsp3) is 0.143. The van der Waals surface area contributed by atoms with Gasteiger partial charge in [-0.15, -0.1) is 0 Å². The first kappa shape index (κ1) is 13.8. The molecule has 1 N–H and O–H groups in total. The number of halogens is 3. The first-order valence-corrected chi connectivity index (χ1v) is 6.52. The third-order valence-electron chi connectivity index (χ3n) is 2.45. The minimum Gasteiger partial charge on any atom is -0.489 e. The average molecular weight is 328 g/mol. The fourth-order valence-corrected chi connectivity index (χ4v) is 1.78. The Balaban J connectivity index is 1.81. The number of benzene rings is 2. The summed E-state index contributed by atoms with van der Waals surface area (Å²) in [6.07, 6.45) is 0. The molecule has 0 aliphatic rings. The van der Waals surface area contributed by atoms with E-state index in [4.69, 9.17) is 4.74 Å². The van der Waals surface area contributed by atoms with Crippen LogP contribution in [0, 0.1) is 11.6 Å². The monoisotopic (exact) mass is 327 g/mol. The number of nitrogens with one attached hydrogen (secondary N) is 1. The molecule has 0 radical (unpaired) electrons. The Kier molecular flexibility index (Phi) is 4.74. The molecule has 0 aliphatic heterocycles. The lowest BCUT2D eigenvalue weighted by Gasteiger charge is -2.09. The van der Waals surface area contributed by atoms with Crippen molar-refractivity contribution in [3.63, 3.8) is 0 Å². The van der Waals surface area contributed by atoms with Crippen LogP contribution in [0.25, 0.3) is 0 Å². The van der Waals surface area contributed by atoms with Crippen LogP contribution in [0.2, 0.25) is 0 Å². The molecule has 100 valence electrons. The van der Waals surface area contributed by atoms with Gasteiger partial charge in [-0.2, -0.15) is 4.39 Å². The zero-order valence-corrected chi connectivity index (χ0v) is 11.6. The van der Waals surface area contributed by atoms with Gasteiger partial charge >= 0.3 is 0 Å². The number of hydrogen-bond acceptors (Lipinski definition) is 2. The van der Waals surface area contributed by atoms with Gasteiger partial charge in [0.2, 0.25) is 5.82 Å². The van der Waals surface area contributed by atoms with Crippen molar-refractivity contribution in [2.45, 2.75) is 0 Å². The molecule has 0 heterocycles. The predicted octanol–water partition coefficient (Wildman–Crippen LogP) is 4.22. The van der Waals surface area contributed by atoms with E-state index in [0.717, 1.165) is 16.2 Å². The molecule has 0 fully saturated rings. The molecule has 5 heteroatoms. The van der Waals surface area contributed by atoms with Crippen molar-refractivity contribution in [1.29, 1.82) is 0 Å². The van der Waals surface area contributed by atoms with E-state index < -0.39 is 11.6 Å². The molecule has 2 aromatic rings. The van der Waals surface area contributed by atoms with E-state index in [9.17, 15) is 8.78 Å². The Bertz CT molecular complexity index is 546. The van der Waals surface area contributed by atoms with Gasteiger partial charge in [0.1, 0.15) is 6.61 Å². The van der Waals surface area contributed by atoms with Gasteiger partial charge in [-0.05, 0) is 36.4 Å². The van der Waals surface area contributed by atoms with E-state index in [1.165, 1.54) is 12.1 Å². The molecular formula is C14H12BrF2NO. The number of rotatable bonds is 5. The van der Waals surface area contributed by atoms with E-state index in [0.29, 0.717) is 6.54 Å². The maximum Gasteiger partial charge on any atom is 0.200 e. The van der Waals surface area contributed by atoms with Gasteiger partial charge in [0.15, 0.2) is 11.6 Å². The summed E-state index contributed by atoms with van der Waals surface area (Å²) in [5, 5.41) is 3.11. The summed E-state index contributed by atoms with van der Waals surface area (Å²) in [4.78, 5) is 0. The number of hydrogen-bond donors (Lipinski definition) is 1. The predicted molar refractivity (Wildman–Crippen MR) is 74.5 cm³/mol. The minimum absolute atomic E-state index is 0.0717. The van der Waals surface area contributed by atoms with E-state index in [-0.39, 0.29) is 12.4 Å². The van der Waals surface area contributed by atoms with Crippen LogP contribution in [0.15, 0.2) is 46.9 Å². The van der Waals surface area contributed by atoms with E-state index >= 15 is 0 Å². The van der Waals surface area contributed by atoms with Crippen LogP contribution in [0.4, 0.5) is 14.5 Å². The van der Waals surface area contributed by atoms with E-state index in [1.54, 1.807) is 0 Å². The van der Waals surface area contributed by atoms with Crippen molar-refractivity contribution < 1.29 is 13.5 Å². The Morgan fingerprint density at radius 3 is 2.53 bits per heavy atom. The molecule has 0 aromatic heterocycles. The van der Waals surface area contributed by atoms with E-state index in [2.05, 4.69) is 21.2 Å². The molecule has 0 atom stereocenters. The number of ether oxygens (including phenoxy) is 1. The van der Waals surface area contributed by atoms with Gasteiger partial charge in [-0.25, -0.2) is 4.39 Å². The van der Waals surface area contributed by atoms with Crippen LogP contribution >= 0.6 is 15.9 Å². The van der Waals surface area contributed by atoms with Crippen molar-refractivity contribution in [2.24, 2.45) is 0 Å². The lowest BCUT2D eigenvalue weighted by Crippen LogP contribution is -2.12. The first-order valence-electron chi connectivity index (χ1n) is 5.73. The van der Waals surface area contributed by atoms with Crippen molar-refractivity contribution in [1.82, 2.24) is 0 Å². The van der Waals surface area contributed by atoms with Gasteiger partial charge < -0.3 is 10.1 Å². The Morgan fingerprint density at radius 2 is 1.79 bits per heavy atom. The minimum atomic E-state index is -0.953. The maximum atomic E-state index is 13.3. The van der Waals surface area contributed by atoms with E-state index in [1.807, 2.05) is 24.3 Å². The molecule has 0 spiro atoms. The topological polar surface area (TPSA) is 21.3 Å². The Labute approximate surface area is 118 Å². The molecule has 0 saturated heterocycles. The van der Waals surface area contributed by atoms with Crippen LogP contribution in [-0.2, 0) is 0 Å². The molecule has 0 saturated carbocycles. The molecule has 19 heavy (non-hydrogen) atoms. The average Bonchev–Trinajstić information content (AvgIpc) is 2.41. The highest BCUT2D eigenvalue weighted by atomic mass is 79.9. The Morgan fingerprint density at radius 1 is 1.05 bits per heavy atom. The molecule has 0 bridgehead atoms. The van der Waals surface area contributed by atoms with Crippen molar-refractivity contribution in [3.8, 4) is 5.75 Å². The van der Waals surface area contributed by atoms with Gasteiger partial charge in [-0.1, -0.05) is 22.0 Å². The molecular weight excluding hydrogens is 316 g/mol. The third kappa shape index (κ3) is 3.92. The van der Waals surface area contributed by atoms with Crippen LogP contribution in [0.3, 0.4) is 0 Å².